The molecule has 31 heavy (non-hydrogen) atoms. The number of carboxylic acids is 1. The second-order valence-corrected chi connectivity index (χ2v) is 8.23. The number of carboxylic acid groups (broad SMARTS) is 1. The van der Waals surface area contributed by atoms with Crippen molar-refractivity contribution in [1.82, 2.24) is 0 Å². The Labute approximate surface area is 183 Å². The molecule has 2 atom stereocenters. The van der Waals surface area contributed by atoms with Gasteiger partial charge in [-0.15, -0.1) is 0 Å². The monoisotopic (exact) mass is 432 g/mol. The van der Waals surface area contributed by atoms with E-state index in [4.69, 9.17) is 14.2 Å². The fraction of sp³-hybridized carbons (Fsp3) is 0.458. The molecule has 2 aromatic rings. The zero-order valence-corrected chi connectivity index (χ0v) is 18.4. The Balaban J connectivity index is 1.87. The first-order chi connectivity index (χ1) is 14.5. The summed E-state index contributed by atoms with van der Waals surface area (Å²) in [6.07, 6.45) is -1.78. The van der Waals surface area contributed by atoms with Crippen molar-refractivity contribution in [3.05, 3.63) is 59.7 Å². The van der Waals surface area contributed by atoms with Crippen LogP contribution in [0.5, 0.6) is 11.5 Å². The second-order valence-electron chi connectivity index (χ2n) is 8.23. The van der Waals surface area contributed by atoms with Crippen molar-refractivity contribution in [3.8, 4) is 11.5 Å². The van der Waals surface area contributed by atoms with Crippen LogP contribution >= 0.6 is 0 Å². The Bertz CT molecular complexity index is 842. The van der Waals surface area contributed by atoms with Crippen molar-refractivity contribution in [1.29, 1.82) is 0 Å². The number of ether oxygens (including phenoxy) is 3. The highest BCUT2D eigenvalue weighted by Crippen LogP contribution is 2.24. The van der Waals surface area contributed by atoms with Gasteiger partial charge in [0, 0.05) is 6.42 Å². The fourth-order valence-electron chi connectivity index (χ4n) is 2.90. The van der Waals surface area contributed by atoms with Crippen LogP contribution in [-0.4, -0.2) is 52.8 Å². The largest absolute Gasteiger partial charge is 0.491 e. The molecule has 0 aromatic heterocycles. The molecular weight excluding hydrogens is 400 g/mol. The first kappa shape index (κ1) is 24.7. The summed E-state index contributed by atoms with van der Waals surface area (Å²) in [5, 5.41) is 29.6. The third-order valence-electron chi connectivity index (χ3n) is 4.46. The second kappa shape index (κ2) is 11.1. The molecule has 0 saturated heterocycles. The number of aliphatic carboxylic acids is 1. The smallest absolute Gasteiger partial charge is 0.333 e. The molecule has 7 nitrogen and oxygen atoms in total. The normalized spacial score (nSPS) is 13.6. The van der Waals surface area contributed by atoms with Crippen molar-refractivity contribution in [2.45, 2.75) is 58.0 Å². The van der Waals surface area contributed by atoms with E-state index in [9.17, 15) is 20.1 Å². The highest BCUT2D eigenvalue weighted by Gasteiger charge is 2.20. The maximum absolute atomic E-state index is 11.4. The Morgan fingerprint density at radius 3 is 2.13 bits per heavy atom. The number of benzene rings is 2. The van der Waals surface area contributed by atoms with Crippen LogP contribution in [0.15, 0.2) is 48.5 Å². The molecule has 0 unspecified atom stereocenters. The van der Waals surface area contributed by atoms with Gasteiger partial charge < -0.3 is 29.5 Å². The van der Waals surface area contributed by atoms with E-state index in [1.54, 1.807) is 70.2 Å². The molecule has 0 saturated carbocycles. The lowest BCUT2D eigenvalue weighted by Gasteiger charge is -2.19. The van der Waals surface area contributed by atoms with Gasteiger partial charge in [0.2, 0.25) is 0 Å². The molecule has 0 fully saturated rings. The van der Waals surface area contributed by atoms with Crippen LogP contribution in [0.1, 0.15) is 38.8 Å². The zero-order chi connectivity index (χ0) is 23.0. The third-order valence-corrected chi connectivity index (χ3v) is 4.46. The van der Waals surface area contributed by atoms with E-state index in [-0.39, 0.29) is 25.7 Å². The van der Waals surface area contributed by atoms with Gasteiger partial charge in [0.15, 0.2) is 6.10 Å². The Morgan fingerprint density at radius 1 is 1.00 bits per heavy atom. The van der Waals surface area contributed by atoms with Gasteiger partial charge in [-0.25, -0.2) is 4.79 Å². The summed E-state index contributed by atoms with van der Waals surface area (Å²) in [7, 11) is 0. The van der Waals surface area contributed by atoms with Crippen molar-refractivity contribution < 1.29 is 34.3 Å². The maximum atomic E-state index is 11.4. The Kier molecular flexibility index (Phi) is 8.86. The molecule has 0 radical (unpaired) electrons. The number of hydrogen-bond donors (Lipinski definition) is 3. The summed E-state index contributed by atoms with van der Waals surface area (Å²) < 4.78 is 16.7. The van der Waals surface area contributed by atoms with Crippen LogP contribution in [0.3, 0.4) is 0 Å². The summed E-state index contributed by atoms with van der Waals surface area (Å²) in [5.41, 5.74) is 0.500. The molecule has 0 aliphatic heterocycles. The third kappa shape index (κ3) is 8.57. The molecule has 0 bridgehead atoms. The summed E-state index contributed by atoms with van der Waals surface area (Å²) in [6.45, 7) is 7.00. The minimum atomic E-state index is -1.01. The van der Waals surface area contributed by atoms with Gasteiger partial charge in [0.05, 0.1) is 11.7 Å². The molecule has 170 valence electrons. The van der Waals surface area contributed by atoms with Crippen molar-refractivity contribution in [3.63, 3.8) is 0 Å². The average Bonchev–Trinajstić information content (AvgIpc) is 2.70. The predicted molar refractivity (Wildman–Crippen MR) is 116 cm³/mol. The lowest BCUT2D eigenvalue weighted by atomic mass is 9.98. The summed E-state index contributed by atoms with van der Waals surface area (Å²) >= 11 is 0. The van der Waals surface area contributed by atoms with Gasteiger partial charge in [-0.05, 0) is 63.1 Å². The van der Waals surface area contributed by atoms with E-state index in [2.05, 4.69) is 0 Å². The molecule has 2 aromatic carbocycles. The quantitative estimate of drug-likeness (QED) is 0.473. The number of carbonyl (C=O) groups is 1. The summed E-state index contributed by atoms with van der Waals surface area (Å²) in [6, 6.07) is 14.1. The first-order valence-electron chi connectivity index (χ1n) is 10.3. The lowest BCUT2D eigenvalue weighted by molar-refractivity contribution is -0.153. The van der Waals surface area contributed by atoms with Crippen molar-refractivity contribution in [2.24, 2.45) is 0 Å². The van der Waals surface area contributed by atoms with Gasteiger partial charge in [-0.3, -0.25) is 0 Å². The molecule has 0 heterocycles. The molecule has 0 spiro atoms. The van der Waals surface area contributed by atoms with Crippen LogP contribution in [0.2, 0.25) is 0 Å². The number of aliphatic hydroxyl groups excluding tert-OH is 1. The lowest BCUT2D eigenvalue weighted by Crippen LogP contribution is -2.29. The van der Waals surface area contributed by atoms with Crippen LogP contribution in [0.4, 0.5) is 0 Å². The van der Waals surface area contributed by atoms with E-state index >= 15 is 0 Å². The van der Waals surface area contributed by atoms with Crippen LogP contribution in [0.25, 0.3) is 0 Å². The Hall–Kier alpha value is -2.61. The predicted octanol–water partition coefficient (Wildman–Crippen LogP) is 3.15. The first-order valence-corrected chi connectivity index (χ1v) is 10.3. The van der Waals surface area contributed by atoms with Crippen LogP contribution < -0.4 is 9.47 Å². The average molecular weight is 433 g/mol. The number of rotatable bonds is 12. The zero-order valence-electron chi connectivity index (χ0n) is 18.4. The van der Waals surface area contributed by atoms with Crippen LogP contribution in [-0.2, 0) is 21.6 Å². The van der Waals surface area contributed by atoms with E-state index in [0.717, 1.165) is 5.56 Å². The van der Waals surface area contributed by atoms with Crippen molar-refractivity contribution in [2.75, 3.05) is 13.2 Å². The van der Waals surface area contributed by atoms with Gasteiger partial charge in [-0.2, -0.15) is 0 Å². The Morgan fingerprint density at radius 2 is 1.58 bits per heavy atom. The molecule has 0 aliphatic rings. The fourth-order valence-corrected chi connectivity index (χ4v) is 2.90. The molecular formula is C24H32O7. The highest BCUT2D eigenvalue weighted by atomic mass is 16.5. The number of aliphatic hydroxyl groups is 2. The van der Waals surface area contributed by atoms with Gasteiger partial charge in [0.25, 0.3) is 0 Å². The van der Waals surface area contributed by atoms with E-state index in [1.807, 2.05) is 6.07 Å². The number of hydrogen-bond acceptors (Lipinski definition) is 6. The molecule has 2 rings (SSSR count). The standard InChI is InChI=1S/C24H32O7/c1-16(2)31-22(23(26)27)12-17-7-5-9-20(11-17)29-14-19(25)15-30-21-10-6-8-18(13-21)24(3,4)28/h5-11,13,16,19,22,25,28H,12,14-15H2,1-4H3,(H,26,27)/t19-,22+/m1/s1. The highest BCUT2D eigenvalue weighted by molar-refractivity contribution is 5.72. The van der Waals surface area contributed by atoms with Gasteiger partial charge in [-0.1, -0.05) is 24.3 Å². The molecule has 0 aliphatic carbocycles. The minimum Gasteiger partial charge on any atom is -0.491 e. The van der Waals surface area contributed by atoms with Crippen molar-refractivity contribution >= 4 is 5.97 Å². The van der Waals surface area contributed by atoms with E-state index < -0.39 is 23.8 Å². The topological polar surface area (TPSA) is 105 Å². The maximum Gasteiger partial charge on any atom is 0.333 e. The van der Waals surface area contributed by atoms with Crippen LogP contribution in [0, 0.1) is 0 Å². The summed E-state index contributed by atoms with van der Waals surface area (Å²) in [4.78, 5) is 11.4. The molecule has 0 amide bonds. The minimum absolute atomic E-state index is 0.0134. The van der Waals surface area contributed by atoms with E-state index in [1.165, 1.54) is 0 Å². The molecule has 7 heteroatoms. The van der Waals surface area contributed by atoms with Gasteiger partial charge in [0.1, 0.15) is 30.8 Å². The van der Waals surface area contributed by atoms with Gasteiger partial charge >= 0.3 is 5.97 Å². The van der Waals surface area contributed by atoms with E-state index in [0.29, 0.717) is 17.1 Å². The SMILES string of the molecule is CC(C)O[C@@H](Cc1cccc(OC[C@@H](O)COc2cccc(C(C)(C)O)c2)c1)C(=O)O. The molecule has 3 N–H and O–H groups in total. The summed E-state index contributed by atoms with van der Waals surface area (Å²) in [5.74, 6) is 0.0565.